The van der Waals surface area contributed by atoms with Gasteiger partial charge in [-0.3, -0.25) is 9.48 Å². The Bertz CT molecular complexity index is 368. The molecule has 17 heavy (non-hydrogen) atoms. The molecule has 0 aliphatic heterocycles. The number of ether oxygens (including phenoxy) is 1. The summed E-state index contributed by atoms with van der Waals surface area (Å²) in [5, 5.41) is 6.75. The maximum absolute atomic E-state index is 11.4. The molecule has 0 bridgehead atoms. The second-order valence-corrected chi connectivity index (χ2v) is 4.79. The minimum absolute atomic E-state index is 0.0742. The quantitative estimate of drug-likeness (QED) is 0.780. The van der Waals surface area contributed by atoms with Crippen LogP contribution in [0.1, 0.15) is 20.8 Å². The molecule has 0 unspecified atom stereocenters. The van der Waals surface area contributed by atoms with Gasteiger partial charge in [-0.1, -0.05) is 0 Å². The van der Waals surface area contributed by atoms with Gasteiger partial charge in [0, 0.05) is 12.7 Å². The van der Waals surface area contributed by atoms with E-state index >= 15 is 0 Å². The largest absolute Gasteiger partial charge is 0.396 e. The van der Waals surface area contributed by atoms with Gasteiger partial charge in [-0.05, 0) is 20.8 Å². The molecule has 1 aromatic rings. The van der Waals surface area contributed by atoms with Crippen LogP contribution in [0.2, 0.25) is 0 Å². The lowest BCUT2D eigenvalue weighted by molar-refractivity contribution is -0.130. The average molecular weight is 240 g/mol. The van der Waals surface area contributed by atoms with E-state index in [0.29, 0.717) is 18.8 Å². The Morgan fingerprint density at radius 3 is 2.82 bits per heavy atom. The molecule has 6 nitrogen and oxygen atoms in total. The fraction of sp³-hybridized carbons (Fsp3) is 0.636. The van der Waals surface area contributed by atoms with Gasteiger partial charge in [0.05, 0.1) is 24.0 Å². The molecule has 0 saturated carbocycles. The van der Waals surface area contributed by atoms with Crippen LogP contribution in [0.5, 0.6) is 0 Å². The zero-order valence-corrected chi connectivity index (χ0v) is 10.6. The maximum Gasteiger partial charge on any atom is 0.246 e. The summed E-state index contributed by atoms with van der Waals surface area (Å²) in [6.07, 6.45) is 3.29. The summed E-state index contributed by atoms with van der Waals surface area (Å²) in [6, 6.07) is 0. The summed E-state index contributed by atoms with van der Waals surface area (Å²) in [4.78, 5) is 11.4. The molecule has 0 saturated heterocycles. The molecule has 0 aromatic carbocycles. The van der Waals surface area contributed by atoms with Gasteiger partial charge in [-0.25, -0.2) is 0 Å². The SMILES string of the molecule is CC(C)(C)OCC(=O)NCCn1cc(N)cn1. The van der Waals surface area contributed by atoms with Gasteiger partial charge in [0.1, 0.15) is 6.61 Å². The van der Waals surface area contributed by atoms with E-state index in [1.165, 1.54) is 0 Å². The summed E-state index contributed by atoms with van der Waals surface area (Å²) in [6.45, 7) is 6.91. The Kier molecular flexibility index (Phi) is 4.51. The number of amides is 1. The van der Waals surface area contributed by atoms with Crippen LogP contribution >= 0.6 is 0 Å². The van der Waals surface area contributed by atoms with Crippen molar-refractivity contribution < 1.29 is 9.53 Å². The molecular weight excluding hydrogens is 220 g/mol. The molecule has 0 aliphatic carbocycles. The predicted octanol–water partition coefficient (Wildman–Crippen LogP) is 0.397. The second-order valence-electron chi connectivity index (χ2n) is 4.79. The lowest BCUT2D eigenvalue weighted by atomic mass is 10.2. The molecular formula is C11H20N4O2. The molecule has 1 amide bonds. The highest BCUT2D eigenvalue weighted by molar-refractivity contribution is 5.77. The molecule has 0 aliphatic rings. The Morgan fingerprint density at radius 2 is 2.29 bits per heavy atom. The van der Waals surface area contributed by atoms with Gasteiger partial charge in [0.15, 0.2) is 0 Å². The normalized spacial score (nSPS) is 11.5. The first-order valence-corrected chi connectivity index (χ1v) is 5.55. The molecule has 0 fully saturated rings. The van der Waals surface area contributed by atoms with Crippen LogP contribution in [0.4, 0.5) is 5.69 Å². The number of carbonyl (C=O) groups excluding carboxylic acids is 1. The third-order valence-corrected chi connectivity index (χ3v) is 1.95. The zero-order chi connectivity index (χ0) is 12.9. The number of hydrogen-bond acceptors (Lipinski definition) is 4. The Hall–Kier alpha value is -1.56. The Morgan fingerprint density at radius 1 is 1.59 bits per heavy atom. The van der Waals surface area contributed by atoms with E-state index in [4.69, 9.17) is 10.5 Å². The third kappa shape index (κ3) is 5.91. The highest BCUT2D eigenvalue weighted by Crippen LogP contribution is 2.05. The first kappa shape index (κ1) is 13.5. The molecule has 6 heteroatoms. The summed E-state index contributed by atoms with van der Waals surface area (Å²) < 4.78 is 7.02. The van der Waals surface area contributed by atoms with Crippen LogP contribution in [0.25, 0.3) is 0 Å². The van der Waals surface area contributed by atoms with Crippen molar-refractivity contribution in [3.63, 3.8) is 0 Å². The second kappa shape index (κ2) is 5.67. The molecule has 0 spiro atoms. The van der Waals surface area contributed by atoms with E-state index in [1.54, 1.807) is 17.1 Å². The highest BCUT2D eigenvalue weighted by atomic mass is 16.5. The summed E-state index contributed by atoms with van der Waals surface area (Å²) in [5.74, 6) is -0.125. The first-order chi connectivity index (χ1) is 7.87. The standard InChI is InChI=1S/C11H20N4O2/c1-11(2,3)17-8-10(16)13-4-5-15-7-9(12)6-14-15/h6-7H,4-5,8,12H2,1-3H3,(H,13,16). The lowest BCUT2D eigenvalue weighted by Gasteiger charge is -2.18. The smallest absolute Gasteiger partial charge is 0.246 e. The van der Waals surface area contributed by atoms with Crippen molar-refractivity contribution in [2.75, 3.05) is 18.9 Å². The molecule has 1 heterocycles. The van der Waals surface area contributed by atoms with Crippen molar-refractivity contribution in [1.29, 1.82) is 0 Å². The van der Waals surface area contributed by atoms with E-state index < -0.39 is 0 Å². The van der Waals surface area contributed by atoms with Crippen LogP contribution in [-0.4, -0.2) is 34.4 Å². The highest BCUT2D eigenvalue weighted by Gasteiger charge is 2.12. The number of anilines is 1. The van der Waals surface area contributed by atoms with Gasteiger partial charge in [0.2, 0.25) is 5.91 Å². The number of nitrogen functional groups attached to an aromatic ring is 1. The Balaban J connectivity index is 2.16. The van der Waals surface area contributed by atoms with Crippen LogP contribution < -0.4 is 11.1 Å². The van der Waals surface area contributed by atoms with Crippen LogP contribution in [0.15, 0.2) is 12.4 Å². The number of aromatic nitrogens is 2. The van der Waals surface area contributed by atoms with Gasteiger partial charge < -0.3 is 15.8 Å². The van der Waals surface area contributed by atoms with Crippen molar-refractivity contribution in [3.05, 3.63) is 12.4 Å². The molecule has 1 aromatic heterocycles. The van der Waals surface area contributed by atoms with Crippen LogP contribution in [0.3, 0.4) is 0 Å². The van der Waals surface area contributed by atoms with Crippen molar-refractivity contribution in [2.45, 2.75) is 32.9 Å². The number of carbonyl (C=O) groups is 1. The molecule has 96 valence electrons. The summed E-state index contributed by atoms with van der Waals surface area (Å²) in [7, 11) is 0. The van der Waals surface area contributed by atoms with Crippen LogP contribution in [-0.2, 0) is 16.1 Å². The number of nitrogens with zero attached hydrogens (tertiary/aromatic N) is 2. The fourth-order valence-electron chi connectivity index (χ4n) is 1.14. The number of nitrogens with two attached hydrogens (primary N) is 1. The Labute approximate surface area is 101 Å². The van der Waals surface area contributed by atoms with E-state index in [9.17, 15) is 4.79 Å². The van der Waals surface area contributed by atoms with Gasteiger partial charge in [-0.15, -0.1) is 0 Å². The van der Waals surface area contributed by atoms with Crippen molar-refractivity contribution >= 4 is 11.6 Å². The molecule has 0 radical (unpaired) electrons. The number of nitrogens with one attached hydrogen (secondary N) is 1. The van der Waals surface area contributed by atoms with Crippen molar-refractivity contribution in [2.24, 2.45) is 0 Å². The maximum atomic E-state index is 11.4. The van der Waals surface area contributed by atoms with E-state index in [2.05, 4.69) is 10.4 Å². The molecule has 1 rings (SSSR count). The summed E-state index contributed by atoms with van der Waals surface area (Å²) >= 11 is 0. The minimum atomic E-state index is -0.298. The van der Waals surface area contributed by atoms with E-state index in [0.717, 1.165) is 0 Å². The summed E-state index contributed by atoms with van der Waals surface area (Å²) in [5.41, 5.74) is 5.84. The van der Waals surface area contributed by atoms with Gasteiger partial charge in [0.25, 0.3) is 0 Å². The van der Waals surface area contributed by atoms with E-state index in [1.807, 2.05) is 20.8 Å². The predicted molar refractivity (Wildman–Crippen MR) is 65.4 cm³/mol. The monoisotopic (exact) mass is 240 g/mol. The van der Waals surface area contributed by atoms with Crippen LogP contribution in [0, 0.1) is 0 Å². The number of rotatable bonds is 5. The van der Waals surface area contributed by atoms with Gasteiger partial charge >= 0.3 is 0 Å². The van der Waals surface area contributed by atoms with Gasteiger partial charge in [-0.2, -0.15) is 5.10 Å². The zero-order valence-electron chi connectivity index (χ0n) is 10.6. The average Bonchev–Trinajstić information content (AvgIpc) is 2.60. The molecule has 3 N–H and O–H groups in total. The number of hydrogen-bond donors (Lipinski definition) is 2. The van der Waals surface area contributed by atoms with E-state index in [-0.39, 0.29) is 18.1 Å². The first-order valence-electron chi connectivity index (χ1n) is 5.55. The third-order valence-electron chi connectivity index (χ3n) is 1.95. The van der Waals surface area contributed by atoms with Crippen molar-refractivity contribution in [1.82, 2.24) is 15.1 Å². The topological polar surface area (TPSA) is 82.2 Å². The fourth-order valence-corrected chi connectivity index (χ4v) is 1.14. The minimum Gasteiger partial charge on any atom is -0.396 e. The lowest BCUT2D eigenvalue weighted by Crippen LogP contribution is -2.33. The van der Waals surface area contributed by atoms with Crippen molar-refractivity contribution in [3.8, 4) is 0 Å². The molecule has 0 atom stereocenters.